The van der Waals surface area contributed by atoms with Gasteiger partial charge in [0.15, 0.2) is 0 Å². The predicted molar refractivity (Wildman–Crippen MR) is 74.7 cm³/mol. The van der Waals surface area contributed by atoms with E-state index in [1.54, 1.807) is 13.8 Å². The molecule has 1 aliphatic rings. The van der Waals surface area contributed by atoms with E-state index in [-0.39, 0.29) is 6.54 Å². The molecule has 21 heavy (non-hydrogen) atoms. The number of carboxylic acid groups (broad SMARTS) is 1. The summed E-state index contributed by atoms with van der Waals surface area (Å²) in [6.07, 6.45) is 1.15. The molecule has 5 nitrogen and oxygen atoms in total. The molecule has 0 bridgehead atoms. The molecule has 0 aromatic heterocycles. The Hall–Kier alpha value is -1.47. The van der Waals surface area contributed by atoms with Crippen molar-refractivity contribution >= 4 is 16.0 Å². The van der Waals surface area contributed by atoms with Gasteiger partial charge in [-0.05, 0) is 30.4 Å². The molecule has 2 rings (SSSR count). The van der Waals surface area contributed by atoms with Crippen molar-refractivity contribution in [1.82, 2.24) is 4.31 Å². The van der Waals surface area contributed by atoms with Crippen molar-refractivity contribution in [3.05, 3.63) is 30.1 Å². The lowest BCUT2D eigenvalue weighted by molar-refractivity contribution is -0.147. The molecule has 7 heteroatoms. The standard InChI is InChI=1S/C14H18FNO4S/c1-14(2)8-5-9-16(12(14)13(17)18)21(19,20)11-7-4-3-6-10(11)15/h3-4,6-7,12H,5,8-9H2,1-2H3,(H,17,18). The van der Waals surface area contributed by atoms with E-state index in [0.29, 0.717) is 12.8 Å². The summed E-state index contributed by atoms with van der Waals surface area (Å²) in [6.45, 7) is 3.51. The highest BCUT2D eigenvalue weighted by Gasteiger charge is 2.48. The lowest BCUT2D eigenvalue weighted by Gasteiger charge is -2.42. The Morgan fingerprint density at radius 2 is 2.00 bits per heavy atom. The minimum atomic E-state index is -4.18. The molecular formula is C14H18FNO4S. The van der Waals surface area contributed by atoms with E-state index in [2.05, 4.69) is 0 Å². The van der Waals surface area contributed by atoms with Gasteiger partial charge < -0.3 is 5.11 Å². The van der Waals surface area contributed by atoms with Crippen molar-refractivity contribution in [1.29, 1.82) is 0 Å². The highest BCUT2D eigenvalue weighted by atomic mass is 32.2. The topological polar surface area (TPSA) is 74.7 Å². The third kappa shape index (κ3) is 2.80. The smallest absolute Gasteiger partial charge is 0.322 e. The number of aliphatic carboxylic acids is 1. The molecule has 1 aromatic carbocycles. The van der Waals surface area contributed by atoms with Gasteiger partial charge in [-0.1, -0.05) is 26.0 Å². The van der Waals surface area contributed by atoms with E-state index in [9.17, 15) is 22.7 Å². The second-order valence-electron chi connectivity index (χ2n) is 5.88. The number of piperidine rings is 1. The normalized spacial score (nSPS) is 22.9. The van der Waals surface area contributed by atoms with Gasteiger partial charge in [-0.15, -0.1) is 0 Å². The summed E-state index contributed by atoms with van der Waals surface area (Å²) >= 11 is 0. The fraction of sp³-hybridized carbons (Fsp3) is 0.500. The van der Waals surface area contributed by atoms with Crippen molar-refractivity contribution in [2.45, 2.75) is 37.6 Å². The average molecular weight is 315 g/mol. The summed E-state index contributed by atoms with van der Waals surface area (Å²) in [5.74, 6) is -2.08. The van der Waals surface area contributed by atoms with Crippen LogP contribution >= 0.6 is 0 Å². The third-order valence-corrected chi connectivity index (χ3v) is 5.78. The van der Waals surface area contributed by atoms with Crippen LogP contribution in [0.3, 0.4) is 0 Å². The van der Waals surface area contributed by atoms with Crippen LogP contribution < -0.4 is 0 Å². The van der Waals surface area contributed by atoms with Gasteiger partial charge in [0, 0.05) is 6.54 Å². The zero-order valence-electron chi connectivity index (χ0n) is 11.9. The van der Waals surface area contributed by atoms with Crippen LogP contribution in [0, 0.1) is 11.2 Å². The van der Waals surface area contributed by atoms with Crippen molar-refractivity contribution in [2.75, 3.05) is 6.54 Å². The first-order chi connectivity index (χ1) is 9.68. The molecular weight excluding hydrogens is 297 g/mol. The summed E-state index contributed by atoms with van der Waals surface area (Å²) < 4.78 is 40.0. The minimum Gasteiger partial charge on any atom is -0.480 e. The Morgan fingerprint density at radius 3 is 2.57 bits per heavy atom. The van der Waals surface area contributed by atoms with Gasteiger partial charge in [0.2, 0.25) is 10.0 Å². The van der Waals surface area contributed by atoms with Gasteiger partial charge in [0.25, 0.3) is 0 Å². The fourth-order valence-corrected chi connectivity index (χ4v) is 4.68. The quantitative estimate of drug-likeness (QED) is 0.927. The van der Waals surface area contributed by atoms with E-state index in [1.165, 1.54) is 12.1 Å². The number of rotatable bonds is 3. The minimum absolute atomic E-state index is 0.0804. The van der Waals surface area contributed by atoms with Gasteiger partial charge in [-0.3, -0.25) is 4.79 Å². The highest BCUT2D eigenvalue weighted by molar-refractivity contribution is 7.89. The number of hydrogen-bond acceptors (Lipinski definition) is 3. The van der Waals surface area contributed by atoms with Gasteiger partial charge in [0.05, 0.1) is 0 Å². The van der Waals surface area contributed by atoms with E-state index in [0.717, 1.165) is 16.4 Å². The first kappa shape index (κ1) is 15.9. The van der Waals surface area contributed by atoms with E-state index in [1.807, 2.05) is 0 Å². The molecule has 0 saturated carbocycles. The number of halogens is 1. The summed E-state index contributed by atoms with van der Waals surface area (Å²) in [7, 11) is -4.18. The van der Waals surface area contributed by atoms with Crippen LogP contribution in [0.4, 0.5) is 4.39 Å². The summed E-state index contributed by atoms with van der Waals surface area (Å²) in [4.78, 5) is 11.1. The molecule has 1 N–H and O–H groups in total. The van der Waals surface area contributed by atoms with E-state index < -0.39 is 38.2 Å². The van der Waals surface area contributed by atoms with Gasteiger partial charge in [-0.2, -0.15) is 4.31 Å². The average Bonchev–Trinajstić information content (AvgIpc) is 2.37. The maximum atomic E-state index is 13.8. The van der Waals surface area contributed by atoms with Crippen LogP contribution in [-0.4, -0.2) is 36.4 Å². The SMILES string of the molecule is CC1(C)CCCN(S(=O)(=O)c2ccccc2F)C1C(=O)O. The molecule has 116 valence electrons. The highest BCUT2D eigenvalue weighted by Crippen LogP contribution is 2.38. The number of benzene rings is 1. The third-order valence-electron chi connectivity index (χ3n) is 3.89. The number of carboxylic acids is 1. The summed E-state index contributed by atoms with van der Waals surface area (Å²) in [6, 6.07) is 3.82. The Balaban J connectivity index is 2.52. The van der Waals surface area contributed by atoms with Crippen LogP contribution in [0.2, 0.25) is 0 Å². The lowest BCUT2D eigenvalue weighted by Crippen LogP contribution is -2.56. The van der Waals surface area contributed by atoms with Crippen molar-refractivity contribution in [3.63, 3.8) is 0 Å². The second-order valence-corrected chi connectivity index (χ2v) is 7.74. The van der Waals surface area contributed by atoms with Crippen molar-refractivity contribution in [2.24, 2.45) is 5.41 Å². The van der Waals surface area contributed by atoms with Gasteiger partial charge in [0.1, 0.15) is 16.8 Å². The Labute approximate surface area is 123 Å². The molecule has 1 atom stereocenters. The van der Waals surface area contributed by atoms with Crippen LogP contribution in [0.1, 0.15) is 26.7 Å². The van der Waals surface area contributed by atoms with Crippen LogP contribution in [0.15, 0.2) is 29.2 Å². The molecule has 1 heterocycles. The molecule has 1 unspecified atom stereocenters. The van der Waals surface area contributed by atoms with E-state index >= 15 is 0 Å². The molecule has 1 aromatic rings. The largest absolute Gasteiger partial charge is 0.480 e. The van der Waals surface area contributed by atoms with E-state index in [4.69, 9.17) is 0 Å². The van der Waals surface area contributed by atoms with Crippen LogP contribution in [0.25, 0.3) is 0 Å². The molecule has 1 fully saturated rings. The number of hydrogen-bond donors (Lipinski definition) is 1. The molecule has 0 spiro atoms. The summed E-state index contributed by atoms with van der Waals surface area (Å²) in [5.41, 5.74) is -0.706. The van der Waals surface area contributed by atoms with Crippen molar-refractivity contribution in [3.8, 4) is 0 Å². The number of nitrogens with zero attached hydrogens (tertiary/aromatic N) is 1. The maximum absolute atomic E-state index is 13.8. The van der Waals surface area contributed by atoms with Crippen molar-refractivity contribution < 1.29 is 22.7 Å². The second kappa shape index (κ2) is 5.38. The number of sulfonamides is 1. The van der Waals surface area contributed by atoms with Gasteiger partial charge >= 0.3 is 5.97 Å². The Kier molecular flexibility index (Phi) is 4.08. The molecule has 0 radical (unpaired) electrons. The maximum Gasteiger partial charge on any atom is 0.322 e. The monoisotopic (exact) mass is 315 g/mol. The molecule has 0 amide bonds. The number of carbonyl (C=O) groups is 1. The zero-order valence-corrected chi connectivity index (χ0v) is 12.7. The molecule has 1 aliphatic heterocycles. The van der Waals surface area contributed by atoms with Crippen LogP contribution in [-0.2, 0) is 14.8 Å². The lowest BCUT2D eigenvalue weighted by atomic mass is 9.77. The first-order valence-electron chi connectivity index (χ1n) is 6.67. The van der Waals surface area contributed by atoms with Gasteiger partial charge in [-0.25, -0.2) is 12.8 Å². The molecule has 0 aliphatic carbocycles. The molecule has 1 saturated heterocycles. The Bertz CT molecular complexity index is 657. The Morgan fingerprint density at radius 1 is 1.38 bits per heavy atom. The predicted octanol–water partition coefficient (Wildman–Crippen LogP) is 2.09. The zero-order chi connectivity index (χ0) is 15.8. The fourth-order valence-electron chi connectivity index (χ4n) is 2.84. The summed E-state index contributed by atoms with van der Waals surface area (Å²) in [5, 5.41) is 9.42. The van der Waals surface area contributed by atoms with Crippen LogP contribution in [0.5, 0.6) is 0 Å². The first-order valence-corrected chi connectivity index (χ1v) is 8.11.